The highest BCUT2D eigenvalue weighted by molar-refractivity contribution is 7.90. The lowest BCUT2D eigenvalue weighted by molar-refractivity contribution is -0.140. The molecule has 0 aliphatic carbocycles. The molecule has 0 unspecified atom stereocenters. The van der Waals surface area contributed by atoms with E-state index >= 15 is 0 Å². The minimum Gasteiger partial charge on any atom is -0.497 e. The van der Waals surface area contributed by atoms with Crippen molar-refractivity contribution in [1.29, 1.82) is 0 Å². The maximum atomic E-state index is 12.0. The molecule has 0 amide bonds. The minimum atomic E-state index is -3.70. The Morgan fingerprint density at radius 1 is 1.25 bits per heavy atom. The Hall–Kier alpha value is -1.80. The van der Waals surface area contributed by atoms with E-state index in [4.69, 9.17) is 4.74 Å². The van der Waals surface area contributed by atoms with Crippen LogP contribution >= 0.6 is 0 Å². The zero-order valence-corrected chi connectivity index (χ0v) is 12.4. The molecule has 0 heterocycles. The summed E-state index contributed by atoms with van der Waals surface area (Å²) in [6.07, 6.45) is -0.00345. The van der Waals surface area contributed by atoms with Gasteiger partial charge < -0.3 is 9.47 Å². The summed E-state index contributed by atoms with van der Waals surface area (Å²) in [6, 6.07) is 6.47. The first kappa shape index (κ1) is 16.3. The molecule has 0 aliphatic heterocycles. The summed E-state index contributed by atoms with van der Waals surface area (Å²) in [4.78, 5) is 11.0. The molecule has 1 aromatic carbocycles. The van der Waals surface area contributed by atoms with Crippen LogP contribution < -0.4 is 9.46 Å². The van der Waals surface area contributed by atoms with Crippen LogP contribution in [-0.2, 0) is 19.7 Å². The molecule has 0 aliphatic rings. The SMILES string of the molecule is COC(=O)CCN(C)S(=O)(=O)Nc1ccc(OC)cc1. The number of hydrogen-bond acceptors (Lipinski definition) is 5. The molecule has 0 fully saturated rings. The fourth-order valence-electron chi connectivity index (χ4n) is 1.36. The van der Waals surface area contributed by atoms with Gasteiger partial charge in [-0.1, -0.05) is 0 Å². The highest BCUT2D eigenvalue weighted by Gasteiger charge is 2.18. The fraction of sp³-hybridized carbons (Fsp3) is 0.417. The van der Waals surface area contributed by atoms with E-state index in [1.165, 1.54) is 21.3 Å². The number of carbonyl (C=O) groups is 1. The predicted octanol–water partition coefficient (Wildman–Crippen LogP) is 0.847. The normalized spacial score (nSPS) is 11.2. The second kappa shape index (κ2) is 7.11. The summed E-state index contributed by atoms with van der Waals surface area (Å²) in [5, 5.41) is 0. The van der Waals surface area contributed by atoms with Gasteiger partial charge in [0.05, 0.1) is 26.3 Å². The average Bonchev–Trinajstić information content (AvgIpc) is 2.44. The molecule has 0 atom stereocenters. The van der Waals surface area contributed by atoms with Crippen LogP contribution in [0, 0.1) is 0 Å². The Morgan fingerprint density at radius 3 is 2.35 bits per heavy atom. The zero-order valence-electron chi connectivity index (χ0n) is 11.6. The number of carbonyl (C=O) groups excluding carboxylic acids is 1. The molecule has 0 aromatic heterocycles. The summed E-state index contributed by atoms with van der Waals surface area (Å²) in [6.45, 7) is 0.0398. The van der Waals surface area contributed by atoms with Crippen molar-refractivity contribution in [3.8, 4) is 5.75 Å². The molecule has 8 heteroatoms. The standard InChI is InChI=1S/C12H18N2O5S/c1-14(9-8-12(15)19-3)20(16,17)13-10-4-6-11(18-2)7-5-10/h4-7,13H,8-9H2,1-3H3. The maximum absolute atomic E-state index is 12.0. The second-order valence-electron chi connectivity index (χ2n) is 3.98. The van der Waals surface area contributed by atoms with Gasteiger partial charge in [0.2, 0.25) is 0 Å². The summed E-state index contributed by atoms with van der Waals surface area (Å²) in [5.41, 5.74) is 0.413. The van der Waals surface area contributed by atoms with Crippen molar-refractivity contribution in [2.24, 2.45) is 0 Å². The first-order chi connectivity index (χ1) is 9.39. The number of rotatable bonds is 7. The van der Waals surface area contributed by atoms with Crippen LogP contribution in [0.4, 0.5) is 5.69 Å². The Morgan fingerprint density at radius 2 is 1.85 bits per heavy atom. The van der Waals surface area contributed by atoms with Gasteiger partial charge in [0, 0.05) is 13.6 Å². The summed E-state index contributed by atoms with van der Waals surface area (Å²) >= 11 is 0. The molecule has 0 saturated heterocycles. The Bertz CT molecular complexity index is 541. The Kier molecular flexibility index (Phi) is 5.78. The van der Waals surface area contributed by atoms with Gasteiger partial charge >= 0.3 is 16.2 Å². The molecular formula is C12H18N2O5S. The lowest BCUT2D eigenvalue weighted by atomic mass is 10.3. The number of benzene rings is 1. The third kappa shape index (κ3) is 4.71. The molecule has 20 heavy (non-hydrogen) atoms. The van der Waals surface area contributed by atoms with E-state index in [0.717, 1.165) is 4.31 Å². The molecule has 112 valence electrons. The van der Waals surface area contributed by atoms with Crippen molar-refractivity contribution in [3.05, 3.63) is 24.3 Å². The molecule has 0 radical (unpaired) electrons. The smallest absolute Gasteiger partial charge is 0.306 e. The first-order valence-corrected chi connectivity index (χ1v) is 7.28. The molecule has 0 spiro atoms. The van der Waals surface area contributed by atoms with E-state index in [9.17, 15) is 13.2 Å². The molecular weight excluding hydrogens is 284 g/mol. The van der Waals surface area contributed by atoms with E-state index in [2.05, 4.69) is 9.46 Å². The number of anilines is 1. The largest absolute Gasteiger partial charge is 0.497 e. The lowest BCUT2D eigenvalue weighted by Crippen LogP contribution is -2.34. The molecule has 1 aromatic rings. The number of hydrogen-bond donors (Lipinski definition) is 1. The van der Waals surface area contributed by atoms with Crippen LogP contribution in [0.3, 0.4) is 0 Å². The zero-order chi connectivity index (χ0) is 15.2. The molecule has 7 nitrogen and oxygen atoms in total. The number of methoxy groups -OCH3 is 2. The van der Waals surface area contributed by atoms with E-state index in [0.29, 0.717) is 11.4 Å². The van der Waals surface area contributed by atoms with Crippen LogP contribution in [-0.4, -0.2) is 46.5 Å². The van der Waals surface area contributed by atoms with E-state index < -0.39 is 16.2 Å². The van der Waals surface area contributed by atoms with E-state index in [1.54, 1.807) is 24.3 Å². The van der Waals surface area contributed by atoms with Gasteiger partial charge in [0.15, 0.2) is 0 Å². The van der Waals surface area contributed by atoms with Crippen LogP contribution in [0.25, 0.3) is 0 Å². The van der Waals surface area contributed by atoms with E-state index in [-0.39, 0.29) is 13.0 Å². The molecule has 0 bridgehead atoms. The third-order valence-corrected chi connectivity index (χ3v) is 4.10. The van der Waals surface area contributed by atoms with Gasteiger partial charge in [0.1, 0.15) is 5.75 Å². The predicted molar refractivity (Wildman–Crippen MR) is 74.8 cm³/mol. The highest BCUT2D eigenvalue weighted by Crippen LogP contribution is 2.16. The maximum Gasteiger partial charge on any atom is 0.306 e. The van der Waals surface area contributed by atoms with Crippen molar-refractivity contribution in [2.75, 3.05) is 32.5 Å². The number of ether oxygens (including phenoxy) is 2. The van der Waals surface area contributed by atoms with Gasteiger partial charge in [-0.3, -0.25) is 9.52 Å². The van der Waals surface area contributed by atoms with Gasteiger partial charge in [-0.2, -0.15) is 12.7 Å². The van der Waals surface area contributed by atoms with Gasteiger partial charge in [-0.05, 0) is 24.3 Å². The van der Waals surface area contributed by atoms with Gasteiger partial charge in [0.25, 0.3) is 0 Å². The van der Waals surface area contributed by atoms with Crippen LogP contribution in [0.15, 0.2) is 24.3 Å². The number of nitrogens with zero attached hydrogens (tertiary/aromatic N) is 1. The van der Waals surface area contributed by atoms with Gasteiger partial charge in [-0.15, -0.1) is 0 Å². The molecule has 1 rings (SSSR count). The highest BCUT2D eigenvalue weighted by atomic mass is 32.2. The summed E-state index contributed by atoms with van der Waals surface area (Å²) in [5.74, 6) is 0.170. The fourth-order valence-corrected chi connectivity index (χ4v) is 2.28. The topological polar surface area (TPSA) is 84.9 Å². The van der Waals surface area contributed by atoms with Crippen LogP contribution in [0.5, 0.6) is 5.75 Å². The molecule has 0 saturated carbocycles. The monoisotopic (exact) mass is 302 g/mol. The quantitative estimate of drug-likeness (QED) is 0.755. The van der Waals surface area contributed by atoms with E-state index in [1.807, 2.05) is 0 Å². The molecule has 1 N–H and O–H groups in total. The third-order valence-electron chi connectivity index (χ3n) is 2.61. The lowest BCUT2D eigenvalue weighted by Gasteiger charge is -2.17. The van der Waals surface area contributed by atoms with Crippen molar-refractivity contribution in [2.45, 2.75) is 6.42 Å². The second-order valence-corrected chi connectivity index (χ2v) is 5.76. The van der Waals surface area contributed by atoms with Crippen molar-refractivity contribution in [1.82, 2.24) is 4.31 Å². The first-order valence-electron chi connectivity index (χ1n) is 5.84. The number of nitrogens with one attached hydrogen (secondary N) is 1. The van der Waals surface area contributed by atoms with Crippen LogP contribution in [0.1, 0.15) is 6.42 Å². The average molecular weight is 302 g/mol. The summed E-state index contributed by atoms with van der Waals surface area (Å²) < 4.78 is 36.9. The van der Waals surface area contributed by atoms with Crippen molar-refractivity contribution < 1.29 is 22.7 Å². The van der Waals surface area contributed by atoms with Crippen molar-refractivity contribution >= 4 is 21.9 Å². The Labute approximate surface area is 118 Å². The van der Waals surface area contributed by atoms with Gasteiger partial charge in [-0.25, -0.2) is 0 Å². The summed E-state index contributed by atoms with van der Waals surface area (Å²) in [7, 11) is 0.466. The van der Waals surface area contributed by atoms with Crippen LogP contribution in [0.2, 0.25) is 0 Å². The Balaban J connectivity index is 2.65. The number of esters is 1. The minimum absolute atomic E-state index is 0.00345. The van der Waals surface area contributed by atoms with Crippen molar-refractivity contribution in [3.63, 3.8) is 0 Å².